The Hall–Kier alpha value is -2.70. The highest BCUT2D eigenvalue weighted by Crippen LogP contribution is 2.22. The fraction of sp³-hybridized carbons (Fsp3) is 0.231. The molecule has 7 heteroatoms. The number of benzene rings is 1. The van der Waals surface area contributed by atoms with E-state index in [1.165, 1.54) is 19.1 Å². The molecular formula is C13H14N4O3. The number of nitro groups is 1. The Bertz CT molecular complexity index is 675. The summed E-state index contributed by atoms with van der Waals surface area (Å²) in [5.41, 5.74) is 1.38. The van der Waals surface area contributed by atoms with Crippen LogP contribution in [0.4, 0.5) is 5.69 Å². The Morgan fingerprint density at radius 2 is 2.35 bits per heavy atom. The topological polar surface area (TPSA) is 101 Å². The molecule has 20 heavy (non-hydrogen) atoms. The SMILES string of the molecule is CC(=O)NCCC=Cc1n[nH]c2cc([N+](=O)[O-])ccc12. The number of hydrogen-bond acceptors (Lipinski definition) is 4. The molecule has 1 heterocycles. The third-order valence-corrected chi connectivity index (χ3v) is 2.75. The maximum atomic E-state index is 10.7. The number of rotatable bonds is 5. The van der Waals surface area contributed by atoms with Gasteiger partial charge in [-0.2, -0.15) is 5.10 Å². The Kier molecular flexibility index (Phi) is 4.09. The van der Waals surface area contributed by atoms with Crippen LogP contribution in [-0.4, -0.2) is 27.6 Å². The van der Waals surface area contributed by atoms with Crippen molar-refractivity contribution >= 4 is 28.6 Å². The van der Waals surface area contributed by atoms with Crippen molar-refractivity contribution in [2.45, 2.75) is 13.3 Å². The lowest BCUT2D eigenvalue weighted by Gasteiger charge is -1.96. The Morgan fingerprint density at radius 3 is 3.05 bits per heavy atom. The van der Waals surface area contributed by atoms with Gasteiger partial charge in [-0.25, -0.2) is 0 Å². The van der Waals surface area contributed by atoms with Crippen LogP contribution in [0.1, 0.15) is 19.0 Å². The van der Waals surface area contributed by atoms with Gasteiger partial charge in [-0.15, -0.1) is 0 Å². The van der Waals surface area contributed by atoms with Crippen LogP contribution in [0.3, 0.4) is 0 Å². The maximum absolute atomic E-state index is 10.7. The Balaban J connectivity index is 2.09. The normalized spacial score (nSPS) is 11.1. The summed E-state index contributed by atoms with van der Waals surface area (Å²) in [6.07, 6.45) is 4.42. The van der Waals surface area contributed by atoms with E-state index >= 15 is 0 Å². The molecule has 0 unspecified atom stereocenters. The van der Waals surface area contributed by atoms with Crippen LogP contribution in [-0.2, 0) is 4.79 Å². The van der Waals surface area contributed by atoms with Crippen molar-refractivity contribution < 1.29 is 9.72 Å². The molecule has 0 saturated heterocycles. The molecule has 2 N–H and O–H groups in total. The number of non-ortho nitro benzene ring substituents is 1. The second-order valence-electron chi connectivity index (χ2n) is 4.27. The molecule has 0 bridgehead atoms. The number of H-pyrrole nitrogens is 1. The third kappa shape index (κ3) is 3.19. The molecule has 0 saturated carbocycles. The van der Waals surface area contributed by atoms with Crippen molar-refractivity contribution in [1.29, 1.82) is 0 Å². The predicted octanol–water partition coefficient (Wildman–Crippen LogP) is 2.01. The number of nitrogens with one attached hydrogen (secondary N) is 2. The van der Waals surface area contributed by atoms with Crippen LogP contribution in [0.15, 0.2) is 24.3 Å². The molecule has 1 amide bonds. The zero-order valence-electron chi connectivity index (χ0n) is 10.9. The van der Waals surface area contributed by atoms with Gasteiger partial charge in [-0.3, -0.25) is 20.0 Å². The minimum Gasteiger partial charge on any atom is -0.356 e. The minimum absolute atomic E-state index is 0.0299. The third-order valence-electron chi connectivity index (χ3n) is 2.75. The van der Waals surface area contributed by atoms with Crippen molar-refractivity contribution in [3.63, 3.8) is 0 Å². The summed E-state index contributed by atoms with van der Waals surface area (Å²) < 4.78 is 0. The molecule has 0 aliphatic carbocycles. The zero-order chi connectivity index (χ0) is 14.5. The highest BCUT2D eigenvalue weighted by Gasteiger charge is 2.09. The fourth-order valence-electron chi connectivity index (χ4n) is 1.80. The van der Waals surface area contributed by atoms with Gasteiger partial charge < -0.3 is 5.32 Å². The molecule has 7 nitrogen and oxygen atoms in total. The zero-order valence-corrected chi connectivity index (χ0v) is 10.9. The summed E-state index contributed by atoms with van der Waals surface area (Å²) in [6.45, 7) is 2.04. The van der Waals surface area contributed by atoms with E-state index in [1.54, 1.807) is 6.07 Å². The lowest BCUT2D eigenvalue weighted by Crippen LogP contribution is -2.20. The number of carbonyl (C=O) groups excluding carboxylic acids is 1. The van der Waals surface area contributed by atoms with E-state index in [1.807, 2.05) is 12.2 Å². The van der Waals surface area contributed by atoms with E-state index in [-0.39, 0.29) is 11.6 Å². The van der Waals surface area contributed by atoms with Gasteiger partial charge >= 0.3 is 0 Å². The Labute approximate surface area is 114 Å². The minimum atomic E-state index is -0.441. The van der Waals surface area contributed by atoms with E-state index in [9.17, 15) is 14.9 Å². The molecule has 1 aromatic carbocycles. The number of amides is 1. The number of carbonyl (C=O) groups is 1. The summed E-state index contributed by atoms with van der Waals surface area (Å²) in [6, 6.07) is 4.58. The first-order valence-electron chi connectivity index (χ1n) is 6.11. The van der Waals surface area contributed by atoms with Crippen molar-refractivity contribution in [3.8, 4) is 0 Å². The van der Waals surface area contributed by atoms with E-state index < -0.39 is 4.92 Å². The fourth-order valence-corrected chi connectivity index (χ4v) is 1.80. The molecule has 2 aromatic rings. The van der Waals surface area contributed by atoms with E-state index in [0.717, 1.165) is 11.1 Å². The summed E-state index contributed by atoms with van der Waals surface area (Å²) in [4.78, 5) is 20.9. The molecule has 0 fully saturated rings. The van der Waals surface area contributed by atoms with Crippen LogP contribution < -0.4 is 5.32 Å². The molecule has 2 rings (SSSR count). The summed E-state index contributed by atoms with van der Waals surface area (Å²) in [5.74, 6) is -0.0593. The van der Waals surface area contributed by atoms with Gasteiger partial charge in [0, 0.05) is 31.0 Å². The van der Waals surface area contributed by atoms with Gasteiger partial charge in [0.2, 0.25) is 5.91 Å². The smallest absolute Gasteiger partial charge is 0.271 e. The molecular weight excluding hydrogens is 260 g/mol. The number of aromatic amines is 1. The first-order chi connectivity index (χ1) is 9.58. The van der Waals surface area contributed by atoms with Gasteiger partial charge in [0.05, 0.1) is 16.1 Å². The van der Waals surface area contributed by atoms with E-state index in [0.29, 0.717) is 18.5 Å². The first kappa shape index (κ1) is 13.7. The van der Waals surface area contributed by atoms with Gasteiger partial charge in [0.1, 0.15) is 0 Å². The molecule has 104 valence electrons. The first-order valence-corrected chi connectivity index (χ1v) is 6.11. The van der Waals surface area contributed by atoms with Crippen molar-refractivity contribution in [2.75, 3.05) is 6.54 Å². The van der Waals surface area contributed by atoms with Crippen LogP contribution in [0.2, 0.25) is 0 Å². The van der Waals surface area contributed by atoms with Gasteiger partial charge in [0.15, 0.2) is 0 Å². The number of nitrogens with zero attached hydrogens (tertiary/aromatic N) is 2. The maximum Gasteiger partial charge on any atom is 0.271 e. The van der Waals surface area contributed by atoms with Gasteiger partial charge in [-0.05, 0) is 18.6 Å². The summed E-state index contributed by atoms with van der Waals surface area (Å²) in [5, 5.41) is 21.1. The quantitative estimate of drug-likeness (QED) is 0.494. The highest BCUT2D eigenvalue weighted by atomic mass is 16.6. The second kappa shape index (κ2) is 5.96. The average Bonchev–Trinajstić information content (AvgIpc) is 2.80. The van der Waals surface area contributed by atoms with Crippen LogP contribution >= 0.6 is 0 Å². The summed E-state index contributed by atoms with van der Waals surface area (Å²) >= 11 is 0. The molecule has 0 radical (unpaired) electrons. The predicted molar refractivity (Wildman–Crippen MR) is 75.1 cm³/mol. The van der Waals surface area contributed by atoms with Crippen LogP contribution in [0.25, 0.3) is 17.0 Å². The highest BCUT2D eigenvalue weighted by molar-refractivity contribution is 5.88. The second-order valence-corrected chi connectivity index (χ2v) is 4.27. The van der Waals surface area contributed by atoms with E-state index in [2.05, 4.69) is 15.5 Å². The number of nitro benzene ring substituents is 1. The molecule has 0 spiro atoms. The van der Waals surface area contributed by atoms with E-state index in [4.69, 9.17) is 0 Å². The lowest BCUT2D eigenvalue weighted by molar-refractivity contribution is -0.384. The largest absolute Gasteiger partial charge is 0.356 e. The Morgan fingerprint density at radius 1 is 1.55 bits per heavy atom. The van der Waals surface area contributed by atoms with Gasteiger partial charge in [-0.1, -0.05) is 6.08 Å². The van der Waals surface area contributed by atoms with Crippen molar-refractivity contribution in [3.05, 3.63) is 40.1 Å². The summed E-state index contributed by atoms with van der Waals surface area (Å²) in [7, 11) is 0. The monoisotopic (exact) mass is 274 g/mol. The number of fused-ring (bicyclic) bond motifs is 1. The van der Waals surface area contributed by atoms with Crippen molar-refractivity contribution in [1.82, 2.24) is 15.5 Å². The molecule has 1 aromatic heterocycles. The lowest BCUT2D eigenvalue weighted by atomic mass is 10.2. The standard InChI is InChI=1S/C13H14N4O3/c1-9(18)14-7-3-2-4-12-11-6-5-10(17(19)20)8-13(11)16-15-12/h2,4-6,8H,3,7H2,1H3,(H,14,18)(H,15,16). The molecule has 0 atom stereocenters. The van der Waals surface area contributed by atoms with Crippen LogP contribution in [0, 0.1) is 10.1 Å². The average molecular weight is 274 g/mol. The number of hydrogen-bond donors (Lipinski definition) is 2. The van der Waals surface area contributed by atoms with Crippen LogP contribution in [0.5, 0.6) is 0 Å². The molecule has 0 aliphatic rings. The van der Waals surface area contributed by atoms with Crippen molar-refractivity contribution in [2.24, 2.45) is 0 Å². The molecule has 0 aliphatic heterocycles. The van der Waals surface area contributed by atoms with Gasteiger partial charge in [0.25, 0.3) is 5.69 Å². The number of aromatic nitrogens is 2.